The van der Waals surface area contributed by atoms with Crippen molar-refractivity contribution in [1.82, 2.24) is 0 Å². The Morgan fingerprint density at radius 3 is 2.53 bits per heavy atom. The van der Waals surface area contributed by atoms with E-state index in [2.05, 4.69) is 5.32 Å². The van der Waals surface area contributed by atoms with Crippen LogP contribution in [-0.2, 0) is 4.79 Å². The maximum atomic E-state index is 11.0. The molecule has 1 aromatic rings. The highest BCUT2D eigenvalue weighted by Gasteiger charge is 2.20. The van der Waals surface area contributed by atoms with Crippen molar-refractivity contribution in [3.05, 3.63) is 20.2 Å². The van der Waals surface area contributed by atoms with Crippen LogP contribution in [0.4, 0.5) is 5.69 Å². The first-order valence-corrected chi connectivity index (χ1v) is 5.91. The van der Waals surface area contributed by atoms with Gasteiger partial charge in [-0.25, -0.2) is 4.79 Å². The second-order valence-corrected chi connectivity index (χ2v) is 4.60. The number of hydrogen-bond donors (Lipinski definition) is 2. The summed E-state index contributed by atoms with van der Waals surface area (Å²) in [5.74, 6) is -1.27. The summed E-state index contributed by atoms with van der Waals surface area (Å²) < 4.78 is 5.47. The molecule has 1 rings (SSSR count). The molecule has 0 aliphatic carbocycles. The molecule has 0 heterocycles. The molecule has 1 amide bonds. The number of carboxylic acid groups (broad SMARTS) is 1. The lowest BCUT2D eigenvalue weighted by Gasteiger charge is -2.13. The van der Waals surface area contributed by atoms with E-state index in [1.54, 1.807) is 0 Å². The number of halogens is 2. The Labute approximate surface area is 116 Å². The maximum absolute atomic E-state index is 11.0. The number of ether oxygens (including phenoxy) is 1. The Hall–Kier alpha value is -1.02. The topological polar surface area (TPSA) is 75.6 Å². The van der Waals surface area contributed by atoms with Crippen molar-refractivity contribution in [1.29, 1.82) is 0 Å². The van der Waals surface area contributed by atoms with Crippen LogP contribution in [0.2, 0.25) is 5.02 Å². The largest absolute Gasteiger partial charge is 0.495 e. The molecule has 0 atom stereocenters. The molecule has 7 heteroatoms. The summed E-state index contributed by atoms with van der Waals surface area (Å²) >= 11 is 7.78. The molecule has 2 N–H and O–H groups in total. The fourth-order valence-corrected chi connectivity index (χ4v) is 2.60. The highest BCUT2D eigenvalue weighted by atomic mass is 127. The van der Waals surface area contributed by atoms with E-state index in [4.69, 9.17) is 21.4 Å². The molecule has 92 valence electrons. The minimum absolute atomic E-state index is 0.0454. The summed E-state index contributed by atoms with van der Waals surface area (Å²) in [6.07, 6.45) is 0. The van der Waals surface area contributed by atoms with Crippen LogP contribution >= 0.6 is 34.2 Å². The summed E-state index contributed by atoms with van der Waals surface area (Å²) in [7, 11) is 1.36. The zero-order valence-corrected chi connectivity index (χ0v) is 11.9. The number of carboxylic acids is 1. The van der Waals surface area contributed by atoms with E-state index in [1.807, 2.05) is 22.6 Å². The van der Waals surface area contributed by atoms with Crippen LogP contribution < -0.4 is 10.1 Å². The molecule has 0 aromatic heterocycles. The molecule has 0 aliphatic rings. The number of carbonyl (C=O) groups excluding carboxylic acids is 1. The molecule has 0 fully saturated rings. The van der Waals surface area contributed by atoms with Gasteiger partial charge in [-0.05, 0) is 28.7 Å². The van der Waals surface area contributed by atoms with Gasteiger partial charge in [-0.15, -0.1) is 0 Å². The molecule has 17 heavy (non-hydrogen) atoms. The monoisotopic (exact) mass is 369 g/mol. The van der Waals surface area contributed by atoms with Gasteiger partial charge in [0.15, 0.2) is 0 Å². The smallest absolute Gasteiger partial charge is 0.339 e. The third-order valence-corrected chi connectivity index (χ3v) is 3.24. The third-order valence-electron chi connectivity index (χ3n) is 1.91. The molecule has 0 radical (unpaired) electrons. The minimum atomic E-state index is -1.14. The standard InChI is InChI=1S/C10H9ClINO4/c1-4(14)13-8-6(11)3-5(10(15)16)9(17-2)7(8)12/h3H,1-2H3,(H,13,14)(H,15,16). The van der Waals surface area contributed by atoms with E-state index in [1.165, 1.54) is 20.1 Å². The average Bonchev–Trinajstić information content (AvgIpc) is 2.23. The average molecular weight is 370 g/mol. The normalized spacial score (nSPS) is 9.88. The lowest BCUT2D eigenvalue weighted by Crippen LogP contribution is -2.10. The zero-order chi connectivity index (χ0) is 13.2. The van der Waals surface area contributed by atoms with Crippen LogP contribution in [0.3, 0.4) is 0 Å². The Morgan fingerprint density at radius 1 is 1.53 bits per heavy atom. The number of aromatic carboxylic acids is 1. The van der Waals surface area contributed by atoms with Crippen LogP contribution in [0.1, 0.15) is 17.3 Å². The maximum Gasteiger partial charge on any atom is 0.339 e. The van der Waals surface area contributed by atoms with Gasteiger partial charge in [0.05, 0.1) is 21.4 Å². The molecule has 0 spiro atoms. The predicted octanol–water partition coefficient (Wildman–Crippen LogP) is 2.61. The van der Waals surface area contributed by atoms with E-state index in [-0.39, 0.29) is 22.2 Å². The fourth-order valence-electron chi connectivity index (χ4n) is 1.25. The quantitative estimate of drug-likeness (QED) is 0.803. The van der Waals surface area contributed by atoms with Gasteiger partial charge in [0.1, 0.15) is 11.3 Å². The second kappa shape index (κ2) is 5.54. The van der Waals surface area contributed by atoms with Crippen molar-refractivity contribution < 1.29 is 19.4 Å². The van der Waals surface area contributed by atoms with Gasteiger partial charge in [0.25, 0.3) is 0 Å². The number of methoxy groups -OCH3 is 1. The molecule has 0 saturated carbocycles. The van der Waals surface area contributed by atoms with Crippen molar-refractivity contribution in [3.8, 4) is 5.75 Å². The summed E-state index contributed by atoms with van der Waals surface area (Å²) in [6.45, 7) is 1.34. The van der Waals surface area contributed by atoms with E-state index < -0.39 is 5.97 Å². The lowest BCUT2D eigenvalue weighted by molar-refractivity contribution is -0.114. The van der Waals surface area contributed by atoms with Gasteiger partial charge in [-0.3, -0.25) is 4.79 Å². The van der Waals surface area contributed by atoms with Gasteiger partial charge in [0, 0.05) is 6.92 Å². The van der Waals surface area contributed by atoms with E-state index >= 15 is 0 Å². The summed E-state index contributed by atoms with van der Waals surface area (Å²) in [5.41, 5.74) is 0.303. The van der Waals surface area contributed by atoms with Gasteiger partial charge >= 0.3 is 5.97 Å². The van der Waals surface area contributed by atoms with E-state index in [9.17, 15) is 9.59 Å². The lowest BCUT2D eigenvalue weighted by atomic mass is 10.1. The van der Waals surface area contributed by atoms with Gasteiger partial charge < -0.3 is 15.2 Å². The Kier molecular flexibility index (Phi) is 4.58. The molecule has 0 saturated heterocycles. The third kappa shape index (κ3) is 3.01. The van der Waals surface area contributed by atoms with Crippen molar-refractivity contribution in [2.24, 2.45) is 0 Å². The van der Waals surface area contributed by atoms with E-state index in [0.29, 0.717) is 9.26 Å². The SMILES string of the molecule is COc1c(C(=O)O)cc(Cl)c(NC(C)=O)c1I. The number of nitrogens with one attached hydrogen (secondary N) is 1. The number of benzene rings is 1. The summed E-state index contributed by atoms with van der Waals surface area (Å²) in [6, 6.07) is 1.25. The van der Waals surface area contributed by atoms with Crippen LogP contribution in [0.15, 0.2) is 6.07 Å². The first-order valence-electron chi connectivity index (χ1n) is 4.45. The van der Waals surface area contributed by atoms with Gasteiger partial charge in [-0.2, -0.15) is 0 Å². The molecular weight excluding hydrogens is 360 g/mol. The van der Waals surface area contributed by atoms with Crippen molar-refractivity contribution in [2.75, 3.05) is 12.4 Å². The van der Waals surface area contributed by atoms with Crippen molar-refractivity contribution in [2.45, 2.75) is 6.92 Å². The van der Waals surface area contributed by atoms with Gasteiger partial charge in [0.2, 0.25) is 5.91 Å². The Balaban J connectivity index is 3.46. The van der Waals surface area contributed by atoms with Crippen LogP contribution in [0.5, 0.6) is 5.75 Å². The first-order chi connectivity index (χ1) is 7.88. The number of anilines is 1. The first kappa shape index (κ1) is 14.0. The Morgan fingerprint density at radius 2 is 2.12 bits per heavy atom. The fraction of sp³-hybridized carbons (Fsp3) is 0.200. The molecule has 5 nitrogen and oxygen atoms in total. The summed E-state index contributed by atoms with van der Waals surface area (Å²) in [4.78, 5) is 22.0. The number of rotatable bonds is 3. The molecular formula is C10H9ClINO4. The second-order valence-electron chi connectivity index (χ2n) is 3.11. The predicted molar refractivity (Wildman–Crippen MR) is 72.0 cm³/mol. The highest BCUT2D eigenvalue weighted by Crippen LogP contribution is 2.37. The zero-order valence-electron chi connectivity index (χ0n) is 9.01. The molecule has 0 bridgehead atoms. The highest BCUT2D eigenvalue weighted by molar-refractivity contribution is 14.1. The van der Waals surface area contributed by atoms with Crippen LogP contribution in [0.25, 0.3) is 0 Å². The van der Waals surface area contributed by atoms with Crippen molar-refractivity contribution in [3.63, 3.8) is 0 Å². The molecule has 0 aliphatic heterocycles. The number of amides is 1. The molecule has 1 aromatic carbocycles. The molecule has 0 unspecified atom stereocenters. The minimum Gasteiger partial charge on any atom is -0.495 e. The number of hydrogen-bond acceptors (Lipinski definition) is 3. The van der Waals surface area contributed by atoms with Gasteiger partial charge in [-0.1, -0.05) is 11.6 Å². The van der Waals surface area contributed by atoms with Crippen LogP contribution in [0, 0.1) is 3.57 Å². The number of carbonyl (C=O) groups is 2. The Bertz CT molecular complexity index is 490. The van der Waals surface area contributed by atoms with Crippen molar-refractivity contribution >= 4 is 51.8 Å². The van der Waals surface area contributed by atoms with E-state index in [0.717, 1.165) is 0 Å². The summed E-state index contributed by atoms with van der Waals surface area (Å²) in [5, 5.41) is 11.7. The van der Waals surface area contributed by atoms with Crippen LogP contribution in [-0.4, -0.2) is 24.1 Å².